The van der Waals surface area contributed by atoms with Crippen LogP contribution >= 0.6 is 0 Å². The van der Waals surface area contributed by atoms with Crippen LogP contribution in [0.2, 0.25) is 0 Å². The molecule has 2 atom stereocenters. The van der Waals surface area contributed by atoms with Crippen molar-refractivity contribution in [1.29, 1.82) is 0 Å². The van der Waals surface area contributed by atoms with E-state index in [1.165, 1.54) is 55.8 Å². The van der Waals surface area contributed by atoms with Crippen molar-refractivity contribution in [3.63, 3.8) is 0 Å². The molecule has 0 spiro atoms. The molecule has 1 aromatic rings. The summed E-state index contributed by atoms with van der Waals surface area (Å²) >= 11 is 0. The lowest BCUT2D eigenvalue weighted by atomic mass is 9.98. The largest absolute Gasteiger partial charge is 0.268 e. The van der Waals surface area contributed by atoms with Crippen molar-refractivity contribution in [3.8, 4) is 0 Å². The minimum Gasteiger partial charge on any atom is -0.250 e. The third-order valence-electron chi connectivity index (χ3n) is 5.17. The molecule has 0 N–H and O–H groups in total. The highest BCUT2D eigenvalue weighted by Crippen LogP contribution is 2.59. The second-order valence-electron chi connectivity index (χ2n) is 7.04. The van der Waals surface area contributed by atoms with Gasteiger partial charge in [0.25, 0.3) is 10.0 Å². The molecule has 1 aromatic carbocycles. The first-order valence-electron chi connectivity index (χ1n) is 9.47. The smallest absolute Gasteiger partial charge is 0.250 e. The standard InChI is InChI=1S/C19H29NO3S/c1-2-3-4-5-6-7-8-9-10-13-16-19-17-14-11-12-15-18(17)24(21,22)20(19)23-19/h11-12,14-15H,2-10,13,16H2,1H3. The van der Waals surface area contributed by atoms with Gasteiger partial charge in [-0.15, -0.1) is 0 Å². The van der Waals surface area contributed by atoms with E-state index in [0.29, 0.717) is 4.90 Å². The number of nitrogens with zero attached hydrogens (tertiary/aromatic N) is 1. The van der Waals surface area contributed by atoms with Gasteiger partial charge in [-0.25, -0.2) is 13.3 Å². The molecule has 1 fully saturated rings. The van der Waals surface area contributed by atoms with E-state index in [0.717, 1.165) is 24.8 Å². The zero-order valence-corrected chi connectivity index (χ0v) is 15.5. The minimum atomic E-state index is -3.42. The lowest BCUT2D eigenvalue weighted by Gasteiger charge is -2.08. The fourth-order valence-electron chi connectivity index (χ4n) is 3.73. The molecule has 0 amide bonds. The van der Waals surface area contributed by atoms with Gasteiger partial charge in [0.05, 0.1) is 4.90 Å². The number of sulfonamides is 1. The maximum atomic E-state index is 12.3. The van der Waals surface area contributed by atoms with E-state index in [4.69, 9.17) is 4.84 Å². The number of hydrogen-bond acceptors (Lipinski definition) is 3. The maximum Gasteiger partial charge on any atom is 0.268 e. The monoisotopic (exact) mass is 351 g/mol. The molecule has 0 bridgehead atoms. The molecular weight excluding hydrogens is 322 g/mol. The number of benzene rings is 1. The molecule has 2 heterocycles. The second-order valence-corrected chi connectivity index (χ2v) is 8.76. The number of fused-ring (bicyclic) bond motifs is 3. The summed E-state index contributed by atoms with van der Waals surface area (Å²) in [5.41, 5.74) is 0.135. The van der Waals surface area contributed by atoms with Gasteiger partial charge in [0.1, 0.15) is 0 Å². The molecule has 0 aromatic heterocycles. The Labute approximate surface area is 146 Å². The van der Waals surface area contributed by atoms with E-state index in [-0.39, 0.29) is 0 Å². The predicted molar refractivity (Wildman–Crippen MR) is 94.7 cm³/mol. The first kappa shape index (κ1) is 17.9. The molecule has 0 radical (unpaired) electrons. The Kier molecular flexibility index (Phi) is 5.63. The molecule has 5 heteroatoms. The number of unbranched alkanes of at least 4 members (excludes halogenated alkanes) is 9. The van der Waals surface area contributed by atoms with Crippen LogP contribution in [0.4, 0.5) is 0 Å². The third kappa shape index (κ3) is 3.39. The zero-order chi connectivity index (χ0) is 17.0. The van der Waals surface area contributed by atoms with Crippen molar-refractivity contribution in [2.75, 3.05) is 0 Å². The lowest BCUT2D eigenvalue weighted by Crippen LogP contribution is -2.12. The maximum absolute atomic E-state index is 12.3. The third-order valence-corrected chi connectivity index (χ3v) is 6.89. The van der Waals surface area contributed by atoms with Gasteiger partial charge in [-0.1, -0.05) is 82.9 Å². The van der Waals surface area contributed by atoms with Gasteiger partial charge >= 0.3 is 0 Å². The topological polar surface area (TPSA) is 49.7 Å². The van der Waals surface area contributed by atoms with Gasteiger partial charge in [-0.3, -0.25) is 0 Å². The molecule has 134 valence electrons. The molecule has 2 aliphatic rings. The Balaban J connectivity index is 1.37. The highest BCUT2D eigenvalue weighted by atomic mass is 32.2. The summed E-state index contributed by atoms with van der Waals surface area (Å²) < 4.78 is 25.8. The Morgan fingerprint density at radius 2 is 1.50 bits per heavy atom. The zero-order valence-electron chi connectivity index (χ0n) is 14.7. The van der Waals surface area contributed by atoms with Crippen LogP contribution in [0.5, 0.6) is 0 Å². The average Bonchev–Trinajstić information content (AvgIpc) is 3.29. The van der Waals surface area contributed by atoms with Crippen LogP contribution in [0.15, 0.2) is 29.2 Å². The van der Waals surface area contributed by atoms with E-state index >= 15 is 0 Å². The van der Waals surface area contributed by atoms with Gasteiger partial charge < -0.3 is 0 Å². The van der Waals surface area contributed by atoms with Crippen LogP contribution < -0.4 is 0 Å². The molecule has 24 heavy (non-hydrogen) atoms. The molecular formula is C19H29NO3S. The van der Waals surface area contributed by atoms with Gasteiger partial charge in [0.2, 0.25) is 5.72 Å². The summed E-state index contributed by atoms with van der Waals surface area (Å²) in [6.45, 7) is 2.25. The predicted octanol–water partition coefficient (Wildman–Crippen LogP) is 5.10. The van der Waals surface area contributed by atoms with Crippen molar-refractivity contribution < 1.29 is 13.3 Å². The fraction of sp³-hybridized carbons (Fsp3) is 0.684. The van der Waals surface area contributed by atoms with Crippen LogP contribution in [-0.4, -0.2) is 12.9 Å². The Morgan fingerprint density at radius 3 is 2.17 bits per heavy atom. The van der Waals surface area contributed by atoms with E-state index in [1.54, 1.807) is 12.1 Å². The van der Waals surface area contributed by atoms with Crippen molar-refractivity contribution in [2.45, 2.75) is 88.2 Å². The van der Waals surface area contributed by atoms with Gasteiger partial charge in [0, 0.05) is 5.56 Å². The van der Waals surface area contributed by atoms with E-state index in [1.807, 2.05) is 12.1 Å². The SMILES string of the molecule is CCCCCCCCCCCCC12ON1S(=O)(=O)c1ccccc12. The van der Waals surface area contributed by atoms with Gasteiger partial charge in [-0.2, -0.15) is 0 Å². The van der Waals surface area contributed by atoms with E-state index in [2.05, 4.69) is 6.92 Å². The summed E-state index contributed by atoms with van der Waals surface area (Å²) in [4.78, 5) is 5.93. The van der Waals surface area contributed by atoms with Crippen LogP contribution in [0.25, 0.3) is 0 Å². The van der Waals surface area contributed by atoms with E-state index in [9.17, 15) is 8.42 Å². The van der Waals surface area contributed by atoms with Crippen molar-refractivity contribution in [2.24, 2.45) is 0 Å². The van der Waals surface area contributed by atoms with Crippen molar-refractivity contribution in [1.82, 2.24) is 4.47 Å². The molecule has 1 saturated heterocycles. The lowest BCUT2D eigenvalue weighted by molar-refractivity contribution is 0.236. The first-order valence-corrected chi connectivity index (χ1v) is 10.9. The quantitative estimate of drug-likeness (QED) is 0.412. The summed E-state index contributed by atoms with van der Waals surface area (Å²) in [6, 6.07) is 7.23. The number of hydroxylamine groups is 1. The summed E-state index contributed by atoms with van der Waals surface area (Å²) in [7, 11) is -3.42. The highest BCUT2D eigenvalue weighted by Gasteiger charge is 2.69. The molecule has 3 rings (SSSR count). The van der Waals surface area contributed by atoms with Crippen LogP contribution in [-0.2, 0) is 20.6 Å². The number of hydrogen-bond donors (Lipinski definition) is 0. The molecule has 4 nitrogen and oxygen atoms in total. The number of rotatable bonds is 11. The first-order chi connectivity index (χ1) is 11.6. The van der Waals surface area contributed by atoms with Crippen molar-refractivity contribution >= 4 is 10.0 Å². The second kappa shape index (κ2) is 7.54. The summed E-state index contributed by atoms with van der Waals surface area (Å²) in [5.74, 6) is 0. The molecule has 2 unspecified atom stereocenters. The summed E-state index contributed by atoms with van der Waals surface area (Å²) in [6.07, 6.45) is 13.5. The van der Waals surface area contributed by atoms with Gasteiger partial charge in [-0.05, 0) is 23.4 Å². The molecule has 0 aliphatic carbocycles. The van der Waals surface area contributed by atoms with Crippen LogP contribution in [0.1, 0.15) is 83.1 Å². The Bertz CT molecular complexity index is 658. The average molecular weight is 352 g/mol. The van der Waals surface area contributed by atoms with Gasteiger partial charge in [0.15, 0.2) is 0 Å². The molecule has 0 saturated carbocycles. The summed E-state index contributed by atoms with van der Waals surface area (Å²) in [5, 5.41) is 0. The van der Waals surface area contributed by atoms with Crippen LogP contribution in [0.3, 0.4) is 0 Å². The normalized spacial score (nSPS) is 26.1. The van der Waals surface area contributed by atoms with Crippen molar-refractivity contribution in [3.05, 3.63) is 29.8 Å². The fourth-order valence-corrected chi connectivity index (χ4v) is 5.47. The Hall–Kier alpha value is -0.910. The highest BCUT2D eigenvalue weighted by molar-refractivity contribution is 7.89. The Morgan fingerprint density at radius 1 is 0.917 bits per heavy atom. The minimum absolute atomic E-state index is 0.420. The van der Waals surface area contributed by atoms with E-state index < -0.39 is 15.7 Å². The van der Waals surface area contributed by atoms with Crippen LogP contribution in [0, 0.1) is 0 Å². The molecule has 2 aliphatic heterocycles.